The number of aromatic nitrogens is 6. The Kier molecular flexibility index (Phi) is 6.81. The lowest BCUT2D eigenvalue weighted by molar-refractivity contribution is -0.645. The zero-order valence-electron chi connectivity index (χ0n) is 16.2. The van der Waals surface area contributed by atoms with Crippen molar-refractivity contribution in [2.75, 3.05) is 0 Å². The first kappa shape index (κ1) is 22.8. The number of rotatable bonds is 4. The third-order valence-electron chi connectivity index (χ3n) is 4.25. The molecule has 0 amide bonds. The summed E-state index contributed by atoms with van der Waals surface area (Å²) in [6.45, 7) is 3.66. The summed E-state index contributed by atoms with van der Waals surface area (Å²) in [6, 6.07) is 9.04. The Bertz CT molecular complexity index is 1360. The SMILES string of the molecule is C=CCn1c(=O)n[n+]([O-])c2ccc(Cl)cc21.O=CCn1c(=O)n[n+]([O-])c2ccc(Cl)cc21. The zero-order chi connectivity index (χ0) is 23.4. The molecule has 4 rings (SSSR count). The maximum absolute atomic E-state index is 11.5. The molecule has 2 heterocycles. The van der Waals surface area contributed by atoms with Crippen LogP contribution in [0.25, 0.3) is 22.1 Å². The topological polar surface area (TPSA) is 141 Å². The molecule has 0 N–H and O–H groups in total. The van der Waals surface area contributed by atoms with E-state index in [9.17, 15) is 24.8 Å². The Morgan fingerprint density at radius 2 is 1.31 bits per heavy atom. The van der Waals surface area contributed by atoms with Crippen LogP contribution in [-0.4, -0.2) is 25.6 Å². The maximum Gasteiger partial charge on any atom is 0.410 e. The van der Waals surface area contributed by atoms with E-state index in [4.69, 9.17) is 23.2 Å². The number of halogens is 2. The molecule has 11 nitrogen and oxygen atoms in total. The number of nitrogens with zero attached hydrogens (tertiary/aromatic N) is 6. The van der Waals surface area contributed by atoms with Gasteiger partial charge in [-0.25, -0.2) is 9.59 Å². The number of hydrogen-bond donors (Lipinski definition) is 0. The molecule has 0 aliphatic heterocycles. The van der Waals surface area contributed by atoms with Gasteiger partial charge in [-0.15, -0.1) is 6.58 Å². The van der Waals surface area contributed by atoms with Crippen LogP contribution in [0.15, 0.2) is 58.6 Å². The second kappa shape index (κ2) is 9.54. The summed E-state index contributed by atoms with van der Waals surface area (Å²) in [5, 5.41) is 30.1. The Hall–Kier alpha value is -3.83. The van der Waals surface area contributed by atoms with E-state index in [1.807, 2.05) is 0 Å². The van der Waals surface area contributed by atoms with Gasteiger partial charge in [0.1, 0.15) is 17.3 Å². The van der Waals surface area contributed by atoms with Crippen LogP contribution in [-0.2, 0) is 17.9 Å². The molecule has 0 atom stereocenters. The van der Waals surface area contributed by atoms with E-state index < -0.39 is 11.4 Å². The monoisotopic (exact) mass is 476 g/mol. The number of carbonyl (C=O) groups excluding carboxylic acids is 1. The zero-order valence-corrected chi connectivity index (χ0v) is 17.7. The standard InChI is InChI=1S/C10H8ClN3O2.C9H6ClN3O3/c1-2-5-13-9-6-7(11)3-4-8(9)14(16)12-10(13)15;10-6-1-2-7-8(5-6)12(3-4-14)9(15)11-13(7)16/h2-4,6H,1,5H2;1-2,4-5H,3H2. The fraction of sp³-hybridized carbons (Fsp3) is 0.105. The van der Waals surface area contributed by atoms with Gasteiger partial charge in [-0.2, -0.15) is 0 Å². The van der Waals surface area contributed by atoms with Crippen LogP contribution in [0.1, 0.15) is 0 Å². The van der Waals surface area contributed by atoms with E-state index in [-0.39, 0.29) is 29.0 Å². The number of hydrogen-bond acceptors (Lipinski definition) is 7. The van der Waals surface area contributed by atoms with Crippen LogP contribution in [0.2, 0.25) is 10.0 Å². The third-order valence-corrected chi connectivity index (χ3v) is 4.72. The number of carbonyl (C=O) groups is 1. The number of fused-ring (bicyclic) bond motifs is 2. The van der Waals surface area contributed by atoms with Crippen LogP contribution < -0.4 is 21.1 Å². The van der Waals surface area contributed by atoms with Gasteiger partial charge in [-0.1, -0.05) is 29.3 Å². The molecule has 2 aromatic heterocycles. The summed E-state index contributed by atoms with van der Waals surface area (Å²) in [6.07, 6.45) is 2.11. The first-order chi connectivity index (χ1) is 15.3. The number of aldehydes is 1. The fourth-order valence-corrected chi connectivity index (χ4v) is 3.22. The molecule has 0 radical (unpaired) electrons. The van der Waals surface area contributed by atoms with Crippen LogP contribution in [0.4, 0.5) is 0 Å². The van der Waals surface area contributed by atoms with Crippen molar-refractivity contribution in [2.24, 2.45) is 0 Å². The van der Waals surface area contributed by atoms with Crippen LogP contribution in [0.5, 0.6) is 0 Å². The maximum atomic E-state index is 11.5. The predicted molar refractivity (Wildman–Crippen MR) is 116 cm³/mol. The Morgan fingerprint density at radius 3 is 1.72 bits per heavy atom. The second-order valence-corrected chi connectivity index (χ2v) is 7.13. The molecule has 0 spiro atoms. The quantitative estimate of drug-likeness (QED) is 0.183. The lowest BCUT2D eigenvalue weighted by atomic mass is 10.3. The molecule has 0 bridgehead atoms. The van der Waals surface area contributed by atoms with Gasteiger partial charge in [-0.3, -0.25) is 9.13 Å². The van der Waals surface area contributed by atoms with E-state index in [0.717, 1.165) is 4.57 Å². The smallest absolute Gasteiger partial charge is 0.410 e. The summed E-state index contributed by atoms with van der Waals surface area (Å²) >= 11 is 11.6. The second-order valence-electron chi connectivity index (χ2n) is 6.25. The third kappa shape index (κ3) is 4.58. The first-order valence-corrected chi connectivity index (χ1v) is 9.67. The molecule has 13 heteroatoms. The van der Waals surface area contributed by atoms with Gasteiger partial charge in [-0.05, 0) is 34.0 Å². The average molecular weight is 477 g/mol. The van der Waals surface area contributed by atoms with Crippen LogP contribution >= 0.6 is 23.2 Å². The molecular weight excluding hydrogens is 463 g/mol. The van der Waals surface area contributed by atoms with Crippen molar-refractivity contribution in [3.05, 3.63) is 90.5 Å². The van der Waals surface area contributed by atoms with Gasteiger partial charge in [0.2, 0.25) is 0 Å². The molecule has 0 fully saturated rings. The van der Waals surface area contributed by atoms with Gasteiger partial charge < -0.3 is 15.2 Å². The molecule has 32 heavy (non-hydrogen) atoms. The van der Waals surface area contributed by atoms with E-state index >= 15 is 0 Å². The lowest BCUT2D eigenvalue weighted by Gasteiger charge is -2.05. The van der Waals surface area contributed by atoms with E-state index in [1.54, 1.807) is 18.2 Å². The molecule has 4 aromatic rings. The van der Waals surface area contributed by atoms with Crippen molar-refractivity contribution in [1.29, 1.82) is 0 Å². The highest BCUT2D eigenvalue weighted by Crippen LogP contribution is 2.15. The highest BCUT2D eigenvalue weighted by atomic mass is 35.5. The normalized spacial score (nSPS) is 10.6. The average Bonchev–Trinajstić information content (AvgIpc) is 2.74. The Balaban J connectivity index is 0.000000181. The Morgan fingerprint density at radius 1 is 0.875 bits per heavy atom. The largest absolute Gasteiger partial charge is 0.594 e. The van der Waals surface area contributed by atoms with Crippen molar-refractivity contribution < 1.29 is 14.5 Å². The van der Waals surface area contributed by atoms with E-state index in [0.29, 0.717) is 32.2 Å². The van der Waals surface area contributed by atoms with Crippen LogP contribution in [0, 0.1) is 10.4 Å². The summed E-state index contributed by atoms with van der Waals surface area (Å²) < 4.78 is 2.42. The van der Waals surface area contributed by atoms with Crippen LogP contribution in [0.3, 0.4) is 0 Å². The highest BCUT2D eigenvalue weighted by Gasteiger charge is 2.14. The molecule has 0 aliphatic rings. The molecule has 2 aromatic carbocycles. The molecule has 0 aliphatic carbocycles. The van der Waals surface area contributed by atoms with Gasteiger partial charge in [0.25, 0.3) is 11.0 Å². The summed E-state index contributed by atoms with van der Waals surface area (Å²) in [4.78, 5) is 33.8. The first-order valence-electron chi connectivity index (χ1n) is 8.91. The van der Waals surface area contributed by atoms with Gasteiger partial charge >= 0.3 is 11.4 Å². The number of allylic oxidation sites excluding steroid dienone is 1. The Labute approximate surface area is 189 Å². The molecule has 0 unspecified atom stereocenters. The predicted octanol–water partition coefficient (Wildman–Crippen LogP) is 0.752. The van der Waals surface area contributed by atoms with Crippen molar-refractivity contribution in [3.8, 4) is 0 Å². The van der Waals surface area contributed by atoms with Crippen molar-refractivity contribution in [1.82, 2.24) is 19.3 Å². The van der Waals surface area contributed by atoms with E-state index in [1.165, 1.54) is 28.8 Å². The summed E-state index contributed by atoms with van der Waals surface area (Å²) in [7, 11) is 0. The van der Waals surface area contributed by atoms with Crippen molar-refractivity contribution in [2.45, 2.75) is 13.1 Å². The molecule has 0 saturated carbocycles. The van der Waals surface area contributed by atoms with E-state index in [2.05, 4.69) is 16.8 Å². The van der Waals surface area contributed by atoms with Gasteiger partial charge in [0.05, 0.1) is 16.7 Å². The van der Waals surface area contributed by atoms with Crippen molar-refractivity contribution >= 4 is 51.6 Å². The van der Waals surface area contributed by atoms with Gasteiger partial charge in [0.15, 0.2) is 0 Å². The fourth-order valence-electron chi connectivity index (χ4n) is 2.88. The highest BCUT2D eigenvalue weighted by molar-refractivity contribution is 6.31. The minimum Gasteiger partial charge on any atom is -0.594 e. The summed E-state index contributed by atoms with van der Waals surface area (Å²) in [5.74, 6) is 0. The minimum atomic E-state index is -0.781. The summed E-state index contributed by atoms with van der Waals surface area (Å²) in [5.41, 5.74) is -0.185. The molecule has 0 saturated heterocycles. The lowest BCUT2D eigenvalue weighted by Crippen LogP contribution is -2.42. The number of benzene rings is 2. The molecular formula is C19H14Cl2N6O5. The molecule has 164 valence electrons. The van der Waals surface area contributed by atoms with Crippen molar-refractivity contribution in [3.63, 3.8) is 0 Å². The van der Waals surface area contributed by atoms with Gasteiger partial charge in [0, 0.05) is 28.7 Å². The minimum absolute atomic E-state index is 0.163.